The SMILES string of the molecule is CCOC(C)=O.N=CC(=O)OO. The van der Waals surface area contributed by atoms with Crippen molar-refractivity contribution < 1.29 is 24.5 Å². The minimum atomic E-state index is -1.06. The number of ether oxygens (including phenoxy) is 1. The zero-order chi connectivity index (χ0) is 9.98. The van der Waals surface area contributed by atoms with E-state index in [-0.39, 0.29) is 5.97 Å². The van der Waals surface area contributed by atoms with E-state index in [0.29, 0.717) is 12.8 Å². The van der Waals surface area contributed by atoms with Crippen LogP contribution in [0.15, 0.2) is 0 Å². The molecule has 0 fully saturated rings. The Morgan fingerprint density at radius 2 is 2.08 bits per heavy atom. The standard InChI is InChI=1S/C4H8O2.C2H3NO3/c1-3-6-4(2)5;3-1-2(4)6-5/h3H2,1-2H3;1,3,5H. The number of esters is 1. The molecule has 0 saturated heterocycles. The summed E-state index contributed by atoms with van der Waals surface area (Å²) in [5, 5.41) is 13.4. The van der Waals surface area contributed by atoms with Gasteiger partial charge >= 0.3 is 11.9 Å². The fourth-order valence-corrected chi connectivity index (χ4v) is 0.230. The van der Waals surface area contributed by atoms with Gasteiger partial charge in [-0.25, -0.2) is 4.79 Å². The molecule has 0 saturated carbocycles. The molecule has 6 nitrogen and oxygen atoms in total. The number of carbonyl (C=O) groups excluding carboxylic acids is 2. The molecule has 0 rings (SSSR count). The zero-order valence-electron chi connectivity index (χ0n) is 6.86. The van der Waals surface area contributed by atoms with Crippen LogP contribution in [0.25, 0.3) is 0 Å². The lowest BCUT2D eigenvalue weighted by molar-refractivity contribution is -0.225. The number of nitrogens with one attached hydrogen (secondary N) is 1. The summed E-state index contributed by atoms with van der Waals surface area (Å²) in [6, 6.07) is 0. The smallest absolute Gasteiger partial charge is 0.382 e. The Morgan fingerprint density at radius 3 is 2.08 bits per heavy atom. The number of carbonyl (C=O) groups is 2. The van der Waals surface area contributed by atoms with E-state index in [1.165, 1.54) is 6.92 Å². The van der Waals surface area contributed by atoms with E-state index in [0.717, 1.165) is 0 Å². The van der Waals surface area contributed by atoms with Crippen molar-refractivity contribution in [1.82, 2.24) is 0 Å². The zero-order valence-corrected chi connectivity index (χ0v) is 6.86. The Bertz CT molecular complexity index is 156. The van der Waals surface area contributed by atoms with Crippen molar-refractivity contribution in [3.63, 3.8) is 0 Å². The molecule has 12 heavy (non-hydrogen) atoms. The van der Waals surface area contributed by atoms with Gasteiger partial charge in [0.2, 0.25) is 0 Å². The highest BCUT2D eigenvalue weighted by atomic mass is 17.1. The Morgan fingerprint density at radius 1 is 1.58 bits per heavy atom. The summed E-state index contributed by atoms with van der Waals surface area (Å²) in [7, 11) is 0. The van der Waals surface area contributed by atoms with Gasteiger partial charge in [-0.05, 0) is 6.92 Å². The van der Waals surface area contributed by atoms with Crippen LogP contribution in [-0.4, -0.2) is 30.0 Å². The van der Waals surface area contributed by atoms with E-state index in [2.05, 4.69) is 9.62 Å². The predicted octanol–water partition coefficient (Wildman–Crippen LogP) is 0.222. The maximum Gasteiger partial charge on any atom is 0.382 e. The lowest BCUT2D eigenvalue weighted by Crippen LogP contribution is -1.99. The molecule has 0 aromatic heterocycles. The van der Waals surface area contributed by atoms with Crippen molar-refractivity contribution in [3.05, 3.63) is 0 Å². The second-order valence-electron chi connectivity index (χ2n) is 1.48. The monoisotopic (exact) mass is 177 g/mol. The highest BCUT2D eigenvalue weighted by Crippen LogP contribution is 1.69. The summed E-state index contributed by atoms with van der Waals surface area (Å²) in [6.45, 7) is 3.65. The summed E-state index contributed by atoms with van der Waals surface area (Å²) >= 11 is 0. The summed E-state index contributed by atoms with van der Waals surface area (Å²) < 4.78 is 4.40. The van der Waals surface area contributed by atoms with Gasteiger partial charge in [-0.3, -0.25) is 9.68 Å². The quantitative estimate of drug-likeness (QED) is 0.272. The van der Waals surface area contributed by atoms with Gasteiger partial charge in [-0.2, -0.15) is 5.26 Å². The number of hydrogen-bond acceptors (Lipinski definition) is 6. The van der Waals surface area contributed by atoms with Crippen LogP contribution in [0, 0.1) is 5.41 Å². The Labute approximate surface area is 69.5 Å². The topological polar surface area (TPSA) is 96.7 Å². The lowest BCUT2D eigenvalue weighted by atomic mass is 10.8. The van der Waals surface area contributed by atoms with E-state index in [1.54, 1.807) is 6.92 Å². The maximum atomic E-state index is 9.82. The first-order valence-corrected chi connectivity index (χ1v) is 3.07. The molecular weight excluding hydrogens is 166 g/mol. The van der Waals surface area contributed by atoms with E-state index < -0.39 is 5.97 Å². The highest BCUT2D eigenvalue weighted by Gasteiger charge is 1.87. The molecule has 0 aromatic carbocycles. The van der Waals surface area contributed by atoms with E-state index in [1.807, 2.05) is 0 Å². The first kappa shape index (κ1) is 13.2. The van der Waals surface area contributed by atoms with Crippen LogP contribution in [0.5, 0.6) is 0 Å². The van der Waals surface area contributed by atoms with Crippen LogP contribution in [0.1, 0.15) is 13.8 Å². The van der Waals surface area contributed by atoms with Gasteiger partial charge in [0, 0.05) is 6.92 Å². The predicted molar refractivity (Wildman–Crippen MR) is 39.8 cm³/mol. The van der Waals surface area contributed by atoms with Gasteiger partial charge in [-0.1, -0.05) is 0 Å². The Kier molecular flexibility index (Phi) is 10.5. The molecule has 0 heterocycles. The second-order valence-corrected chi connectivity index (χ2v) is 1.48. The van der Waals surface area contributed by atoms with Crippen LogP contribution < -0.4 is 0 Å². The molecule has 0 aromatic rings. The minimum Gasteiger partial charge on any atom is -0.466 e. The second kappa shape index (κ2) is 9.57. The highest BCUT2D eigenvalue weighted by molar-refractivity contribution is 6.21. The average molecular weight is 177 g/mol. The molecule has 6 heteroatoms. The Hall–Kier alpha value is -1.43. The van der Waals surface area contributed by atoms with Gasteiger partial charge in [0.1, 0.15) is 6.21 Å². The number of hydrogen-bond donors (Lipinski definition) is 2. The summed E-state index contributed by atoms with van der Waals surface area (Å²) in [6.07, 6.45) is 0.361. The Balaban J connectivity index is 0. The molecule has 0 unspecified atom stereocenters. The lowest BCUT2D eigenvalue weighted by Gasteiger charge is -1.89. The van der Waals surface area contributed by atoms with Crippen LogP contribution in [0.4, 0.5) is 0 Å². The van der Waals surface area contributed by atoms with Crippen molar-refractivity contribution in [3.8, 4) is 0 Å². The van der Waals surface area contributed by atoms with Gasteiger partial charge in [-0.15, -0.1) is 0 Å². The van der Waals surface area contributed by atoms with Crippen LogP contribution in [0.2, 0.25) is 0 Å². The third-order valence-corrected chi connectivity index (χ3v) is 0.555. The van der Waals surface area contributed by atoms with Gasteiger partial charge in [0.15, 0.2) is 0 Å². The minimum absolute atomic E-state index is 0.211. The molecule has 70 valence electrons. The van der Waals surface area contributed by atoms with E-state index in [4.69, 9.17) is 10.7 Å². The van der Waals surface area contributed by atoms with Crippen molar-refractivity contribution in [2.24, 2.45) is 0 Å². The molecule has 2 N–H and O–H groups in total. The molecular formula is C6H11NO5. The summed E-state index contributed by atoms with van der Waals surface area (Å²) in [5.74, 6) is -1.27. The fourth-order valence-electron chi connectivity index (χ4n) is 0.230. The van der Waals surface area contributed by atoms with E-state index >= 15 is 0 Å². The normalized spacial score (nSPS) is 7.25. The maximum absolute atomic E-state index is 9.82. The molecule has 0 atom stereocenters. The van der Waals surface area contributed by atoms with Crippen LogP contribution in [0.3, 0.4) is 0 Å². The van der Waals surface area contributed by atoms with Gasteiger partial charge in [0.25, 0.3) is 0 Å². The van der Waals surface area contributed by atoms with Crippen LogP contribution >= 0.6 is 0 Å². The van der Waals surface area contributed by atoms with Crippen molar-refractivity contribution >= 4 is 18.2 Å². The summed E-state index contributed by atoms with van der Waals surface area (Å²) in [5.41, 5.74) is 0. The molecule has 0 spiro atoms. The molecule has 0 aliphatic rings. The van der Waals surface area contributed by atoms with Crippen molar-refractivity contribution in [1.29, 1.82) is 5.41 Å². The molecule has 0 amide bonds. The first-order chi connectivity index (χ1) is 5.58. The summed E-state index contributed by atoms with van der Waals surface area (Å²) in [4.78, 5) is 22.3. The average Bonchev–Trinajstić information content (AvgIpc) is 2.04. The first-order valence-electron chi connectivity index (χ1n) is 3.07. The molecule has 0 radical (unpaired) electrons. The van der Waals surface area contributed by atoms with Crippen molar-refractivity contribution in [2.75, 3.05) is 6.61 Å². The van der Waals surface area contributed by atoms with Crippen molar-refractivity contribution in [2.45, 2.75) is 13.8 Å². The molecule has 0 bridgehead atoms. The molecule has 0 aliphatic heterocycles. The largest absolute Gasteiger partial charge is 0.466 e. The molecule has 0 aliphatic carbocycles. The van der Waals surface area contributed by atoms with E-state index in [9.17, 15) is 9.59 Å². The third-order valence-electron chi connectivity index (χ3n) is 0.555. The van der Waals surface area contributed by atoms with Crippen LogP contribution in [-0.2, 0) is 19.2 Å². The van der Waals surface area contributed by atoms with Gasteiger partial charge in [0.05, 0.1) is 6.61 Å². The third kappa shape index (κ3) is 15.8. The fraction of sp³-hybridized carbons (Fsp3) is 0.500. The van der Waals surface area contributed by atoms with Gasteiger partial charge < -0.3 is 10.1 Å². The number of rotatable bonds is 2.